The Labute approximate surface area is 224 Å². The molecule has 1 fully saturated rings. The van der Waals surface area contributed by atoms with Gasteiger partial charge in [0.15, 0.2) is 0 Å². The monoisotopic (exact) mass is 521 g/mol. The van der Waals surface area contributed by atoms with Crippen LogP contribution in [-0.2, 0) is 13.1 Å². The Balaban J connectivity index is 1.28. The summed E-state index contributed by atoms with van der Waals surface area (Å²) >= 11 is 0. The Morgan fingerprint density at radius 2 is 1.71 bits per heavy atom. The third kappa shape index (κ3) is 8.19. The average Bonchev–Trinajstić information content (AvgIpc) is 2.92. The first-order valence-corrected chi connectivity index (χ1v) is 13.6. The van der Waals surface area contributed by atoms with Crippen molar-refractivity contribution in [2.75, 3.05) is 38.0 Å². The highest BCUT2D eigenvalue weighted by Crippen LogP contribution is 2.26. The second kappa shape index (κ2) is 14.2. The first-order chi connectivity index (χ1) is 18.5. The van der Waals surface area contributed by atoms with Gasteiger partial charge < -0.3 is 27.0 Å². The van der Waals surface area contributed by atoms with E-state index in [9.17, 15) is 9.18 Å². The van der Waals surface area contributed by atoms with Crippen molar-refractivity contribution in [1.82, 2.24) is 19.8 Å². The maximum absolute atomic E-state index is 14.9. The number of hydrogen-bond donors (Lipinski definition) is 4. The summed E-state index contributed by atoms with van der Waals surface area (Å²) in [5.41, 5.74) is 14.3. The van der Waals surface area contributed by atoms with Crippen molar-refractivity contribution in [3.8, 4) is 11.1 Å². The van der Waals surface area contributed by atoms with Crippen molar-refractivity contribution in [3.05, 3.63) is 76.6 Å². The van der Waals surface area contributed by atoms with Gasteiger partial charge in [0.2, 0.25) is 0 Å². The van der Waals surface area contributed by atoms with Gasteiger partial charge in [-0.2, -0.15) is 4.98 Å². The van der Waals surface area contributed by atoms with Crippen LogP contribution >= 0.6 is 0 Å². The number of piperidine rings is 1. The number of anilines is 2. The molecule has 38 heavy (non-hydrogen) atoms. The van der Waals surface area contributed by atoms with Crippen LogP contribution in [0.15, 0.2) is 59.5 Å². The fourth-order valence-electron chi connectivity index (χ4n) is 4.67. The number of nitrogens with two attached hydrogens (primary N) is 2. The number of rotatable bonds is 13. The molecule has 3 aromatic rings. The van der Waals surface area contributed by atoms with E-state index in [0.717, 1.165) is 81.5 Å². The van der Waals surface area contributed by atoms with Gasteiger partial charge in [0, 0.05) is 25.3 Å². The molecule has 0 unspecified atom stereocenters. The van der Waals surface area contributed by atoms with Crippen LogP contribution in [0, 0.1) is 5.82 Å². The number of nitrogens with one attached hydrogen (secondary N) is 2. The maximum atomic E-state index is 14.9. The molecule has 204 valence electrons. The summed E-state index contributed by atoms with van der Waals surface area (Å²) in [6.45, 7) is 6.09. The van der Waals surface area contributed by atoms with E-state index in [1.807, 2.05) is 30.3 Å². The number of hydrogen-bond acceptors (Lipinski definition) is 7. The zero-order valence-electron chi connectivity index (χ0n) is 22.0. The van der Waals surface area contributed by atoms with Crippen molar-refractivity contribution in [2.24, 2.45) is 11.5 Å². The van der Waals surface area contributed by atoms with Gasteiger partial charge in [-0.25, -0.2) is 9.18 Å². The normalized spacial score (nSPS) is 14.6. The molecular formula is C29H40FN7O. The second-order valence-corrected chi connectivity index (χ2v) is 10.0. The zero-order chi connectivity index (χ0) is 26.7. The smallest absolute Gasteiger partial charge is 0.338 e. The topological polar surface area (TPSA) is 114 Å². The van der Waals surface area contributed by atoms with Crippen LogP contribution in [0.4, 0.5) is 15.9 Å². The molecule has 0 atom stereocenters. The molecular weight excluding hydrogens is 481 g/mol. The number of halogens is 1. The van der Waals surface area contributed by atoms with Gasteiger partial charge in [-0.15, -0.1) is 0 Å². The van der Waals surface area contributed by atoms with Crippen LogP contribution in [0.1, 0.15) is 37.7 Å². The second-order valence-electron chi connectivity index (χ2n) is 10.0. The van der Waals surface area contributed by atoms with E-state index in [-0.39, 0.29) is 11.4 Å². The number of benzene rings is 2. The molecule has 8 nitrogen and oxygen atoms in total. The van der Waals surface area contributed by atoms with Crippen molar-refractivity contribution >= 4 is 11.5 Å². The number of unbranched alkanes of at least 4 members (excludes halogenated alkanes) is 1. The molecule has 0 aliphatic carbocycles. The molecule has 2 aromatic carbocycles. The average molecular weight is 522 g/mol. The molecule has 9 heteroatoms. The Morgan fingerprint density at radius 3 is 2.42 bits per heavy atom. The molecule has 0 amide bonds. The van der Waals surface area contributed by atoms with Gasteiger partial charge in [-0.3, -0.25) is 4.57 Å². The lowest BCUT2D eigenvalue weighted by Gasteiger charge is -2.29. The van der Waals surface area contributed by atoms with Crippen LogP contribution in [0.2, 0.25) is 0 Å². The summed E-state index contributed by atoms with van der Waals surface area (Å²) in [4.78, 5) is 19.0. The molecule has 2 heterocycles. The van der Waals surface area contributed by atoms with E-state index in [0.29, 0.717) is 24.9 Å². The van der Waals surface area contributed by atoms with Crippen LogP contribution < -0.4 is 27.8 Å². The van der Waals surface area contributed by atoms with Crippen molar-refractivity contribution in [2.45, 2.75) is 51.2 Å². The summed E-state index contributed by atoms with van der Waals surface area (Å²) in [6.07, 6.45) is 6.70. The van der Waals surface area contributed by atoms with Crippen LogP contribution in [0.25, 0.3) is 11.1 Å². The lowest BCUT2D eigenvalue weighted by molar-refractivity contribution is 0.208. The van der Waals surface area contributed by atoms with Crippen molar-refractivity contribution in [3.63, 3.8) is 0 Å². The first-order valence-electron chi connectivity index (χ1n) is 13.6. The van der Waals surface area contributed by atoms with E-state index in [1.54, 1.807) is 22.9 Å². The summed E-state index contributed by atoms with van der Waals surface area (Å²) in [5.74, 6) is -0.0753. The highest BCUT2D eigenvalue weighted by atomic mass is 19.1. The minimum absolute atomic E-state index is 0.278. The van der Waals surface area contributed by atoms with Crippen LogP contribution in [0.5, 0.6) is 0 Å². The molecule has 1 saturated heterocycles. The minimum Gasteiger partial charge on any atom is -0.338 e. The van der Waals surface area contributed by atoms with Gasteiger partial charge in [-0.1, -0.05) is 30.3 Å². The molecule has 1 aromatic heterocycles. The lowest BCUT2D eigenvalue weighted by Crippen LogP contribution is -2.40. The third-order valence-corrected chi connectivity index (χ3v) is 7.04. The minimum atomic E-state index is -0.403. The van der Waals surface area contributed by atoms with E-state index in [1.165, 1.54) is 6.07 Å². The van der Waals surface area contributed by atoms with Crippen LogP contribution in [-0.4, -0.2) is 53.2 Å². The Hall–Kier alpha value is -3.11. The predicted molar refractivity (Wildman–Crippen MR) is 152 cm³/mol. The molecule has 4 rings (SSSR count). The summed E-state index contributed by atoms with van der Waals surface area (Å²) < 4.78 is 16.5. The molecule has 6 N–H and O–H groups in total. The van der Waals surface area contributed by atoms with Crippen molar-refractivity contribution < 1.29 is 4.39 Å². The Morgan fingerprint density at radius 1 is 0.974 bits per heavy atom. The fourth-order valence-corrected chi connectivity index (χ4v) is 4.67. The summed E-state index contributed by atoms with van der Waals surface area (Å²) in [7, 11) is 0. The lowest BCUT2D eigenvalue weighted by atomic mass is 10.0. The zero-order valence-corrected chi connectivity index (χ0v) is 22.0. The predicted octanol–water partition coefficient (Wildman–Crippen LogP) is 3.43. The first kappa shape index (κ1) is 27.9. The highest BCUT2D eigenvalue weighted by Gasteiger charge is 2.15. The van der Waals surface area contributed by atoms with Gasteiger partial charge in [0.05, 0.1) is 5.69 Å². The quantitative estimate of drug-likeness (QED) is 0.255. The molecule has 1 aliphatic heterocycles. The Bertz CT molecular complexity index is 1210. The number of aromatic nitrogens is 2. The molecule has 0 bridgehead atoms. The number of nitrogens with zero attached hydrogens (tertiary/aromatic N) is 3. The molecule has 1 aliphatic rings. The molecule has 0 saturated carbocycles. The van der Waals surface area contributed by atoms with Crippen molar-refractivity contribution in [1.29, 1.82) is 0 Å². The summed E-state index contributed by atoms with van der Waals surface area (Å²) in [6, 6.07) is 15.1. The van der Waals surface area contributed by atoms with E-state index in [4.69, 9.17) is 11.5 Å². The van der Waals surface area contributed by atoms with Crippen LogP contribution in [0.3, 0.4) is 0 Å². The highest BCUT2D eigenvalue weighted by molar-refractivity contribution is 5.68. The maximum Gasteiger partial charge on any atom is 0.349 e. The van der Waals surface area contributed by atoms with Gasteiger partial charge >= 0.3 is 5.69 Å². The molecule has 0 radical (unpaired) electrons. The molecule has 0 spiro atoms. The Kier molecular flexibility index (Phi) is 10.4. The third-order valence-electron chi connectivity index (χ3n) is 7.04. The van der Waals surface area contributed by atoms with Gasteiger partial charge in [0.1, 0.15) is 11.6 Å². The van der Waals surface area contributed by atoms with E-state index < -0.39 is 5.82 Å². The largest absolute Gasteiger partial charge is 0.349 e. The fraction of sp³-hybridized carbons (Fsp3) is 0.448. The van der Waals surface area contributed by atoms with E-state index in [2.05, 4.69) is 20.5 Å². The van der Waals surface area contributed by atoms with E-state index >= 15 is 0 Å². The number of aryl methyl sites for hydroxylation is 1. The number of likely N-dealkylation sites (tertiary alicyclic amines) is 1. The summed E-state index contributed by atoms with van der Waals surface area (Å²) in [5, 5.41) is 6.29. The SMILES string of the molecule is NCCCNCc1ccc(-c2ccc(Nc3ccn(CCCCN4CCC(N)CC4)c(=O)n3)c(F)c2)cc1. The van der Waals surface area contributed by atoms with Gasteiger partial charge in [-0.05, 0) is 99.7 Å². The van der Waals surface area contributed by atoms with Gasteiger partial charge in [0.25, 0.3) is 0 Å². The standard InChI is InChI=1S/C29H40FN7O/c30-26-20-24(23-6-4-22(5-7-23)21-33-14-3-13-31)8-9-27(26)34-28-12-19-37(29(38)35-28)16-2-1-15-36-17-10-25(32)11-18-36/h4-9,12,19-20,25,33H,1-3,10-11,13-18,21,31-32H2,(H,34,35,38).